The number of hydrogen-bond donors (Lipinski definition) is 2. The molecule has 0 spiro atoms. The molecule has 1 aromatic heterocycles. The van der Waals surface area contributed by atoms with Crippen LogP contribution in [0.1, 0.15) is 22.9 Å². The molecule has 1 unspecified atom stereocenters. The molecule has 0 saturated carbocycles. The number of hydrogen-bond acceptors (Lipinski definition) is 3. The highest BCUT2D eigenvalue weighted by Gasteiger charge is 2.14. The lowest BCUT2D eigenvalue weighted by Crippen LogP contribution is -2.30. The van der Waals surface area contributed by atoms with Crippen molar-refractivity contribution in [3.05, 3.63) is 64.2 Å². The molecule has 0 aliphatic heterocycles. The average Bonchev–Trinajstić information content (AvgIpc) is 2.38. The number of benzene rings is 1. The zero-order chi connectivity index (χ0) is 13.8. The third-order valence-corrected chi connectivity index (χ3v) is 3.29. The first-order valence-corrected chi connectivity index (χ1v) is 6.30. The van der Waals surface area contributed by atoms with Gasteiger partial charge in [0, 0.05) is 11.2 Å². The van der Waals surface area contributed by atoms with Crippen LogP contribution in [0.15, 0.2) is 36.5 Å². The Labute approximate surface area is 116 Å². The summed E-state index contributed by atoms with van der Waals surface area (Å²) in [6, 6.07) is 8.07. The van der Waals surface area contributed by atoms with Crippen LogP contribution in [0.4, 0.5) is 4.39 Å². The Hall–Kier alpha value is -1.49. The van der Waals surface area contributed by atoms with Crippen LogP contribution < -0.4 is 11.3 Å². The van der Waals surface area contributed by atoms with E-state index in [4.69, 9.17) is 17.4 Å². The van der Waals surface area contributed by atoms with Crippen molar-refractivity contribution in [2.24, 2.45) is 5.84 Å². The Morgan fingerprint density at radius 3 is 2.79 bits per heavy atom. The van der Waals surface area contributed by atoms with E-state index in [1.54, 1.807) is 12.3 Å². The van der Waals surface area contributed by atoms with E-state index in [-0.39, 0.29) is 11.9 Å². The Kier molecular flexibility index (Phi) is 4.47. The molecule has 1 heterocycles. The van der Waals surface area contributed by atoms with Gasteiger partial charge in [-0.05, 0) is 48.7 Å². The van der Waals surface area contributed by atoms with Crippen LogP contribution in [0.5, 0.6) is 0 Å². The van der Waals surface area contributed by atoms with Crippen molar-refractivity contribution in [2.75, 3.05) is 0 Å². The number of aryl methyl sites for hydroxylation is 1. The number of nitrogens with zero attached hydrogens (tertiary/aromatic N) is 1. The van der Waals surface area contributed by atoms with Crippen LogP contribution in [0.3, 0.4) is 0 Å². The molecule has 3 nitrogen and oxygen atoms in total. The molecule has 100 valence electrons. The second-order valence-electron chi connectivity index (χ2n) is 4.42. The minimum absolute atomic E-state index is 0.164. The predicted molar refractivity (Wildman–Crippen MR) is 74.2 cm³/mol. The standard InChI is InChI=1S/C14H15ClFN3/c1-9-4-5-18-13(6-9)14(19-17)7-10-2-3-11(16)8-12(10)15/h2-6,8,14,19H,7,17H2,1H3. The lowest BCUT2D eigenvalue weighted by atomic mass is 10.0. The first-order valence-electron chi connectivity index (χ1n) is 5.92. The van der Waals surface area contributed by atoms with E-state index in [1.807, 2.05) is 19.1 Å². The van der Waals surface area contributed by atoms with Gasteiger partial charge in [0.25, 0.3) is 0 Å². The summed E-state index contributed by atoms with van der Waals surface area (Å²) in [6.07, 6.45) is 2.29. The normalized spacial score (nSPS) is 12.4. The van der Waals surface area contributed by atoms with Crippen molar-refractivity contribution in [3.63, 3.8) is 0 Å². The van der Waals surface area contributed by atoms with E-state index < -0.39 is 0 Å². The van der Waals surface area contributed by atoms with Crippen molar-refractivity contribution in [2.45, 2.75) is 19.4 Å². The second-order valence-corrected chi connectivity index (χ2v) is 4.82. The summed E-state index contributed by atoms with van der Waals surface area (Å²) in [5.74, 6) is 5.23. The second kappa shape index (κ2) is 6.10. The molecule has 1 atom stereocenters. The Morgan fingerprint density at radius 2 is 2.16 bits per heavy atom. The molecule has 0 radical (unpaired) electrons. The van der Waals surface area contributed by atoms with Gasteiger partial charge in [0.1, 0.15) is 5.82 Å². The van der Waals surface area contributed by atoms with Crippen molar-refractivity contribution in [3.8, 4) is 0 Å². The van der Waals surface area contributed by atoms with Crippen LogP contribution in [-0.2, 0) is 6.42 Å². The van der Waals surface area contributed by atoms with Gasteiger partial charge in [-0.3, -0.25) is 16.3 Å². The fraction of sp³-hybridized carbons (Fsp3) is 0.214. The smallest absolute Gasteiger partial charge is 0.124 e. The molecule has 0 fully saturated rings. The van der Waals surface area contributed by atoms with Crippen LogP contribution in [-0.4, -0.2) is 4.98 Å². The van der Waals surface area contributed by atoms with E-state index in [0.717, 1.165) is 16.8 Å². The monoisotopic (exact) mass is 279 g/mol. The number of pyridine rings is 1. The van der Waals surface area contributed by atoms with E-state index in [0.29, 0.717) is 11.4 Å². The van der Waals surface area contributed by atoms with Crippen molar-refractivity contribution >= 4 is 11.6 Å². The number of nitrogens with two attached hydrogens (primary N) is 1. The Bertz CT molecular complexity index is 574. The molecule has 3 N–H and O–H groups in total. The molecule has 2 aromatic rings. The van der Waals surface area contributed by atoms with Crippen LogP contribution in [0, 0.1) is 12.7 Å². The van der Waals surface area contributed by atoms with E-state index >= 15 is 0 Å². The third-order valence-electron chi connectivity index (χ3n) is 2.93. The van der Waals surface area contributed by atoms with Crippen molar-refractivity contribution < 1.29 is 4.39 Å². The summed E-state index contributed by atoms with van der Waals surface area (Å²) < 4.78 is 13.0. The molecule has 0 saturated heterocycles. The summed E-state index contributed by atoms with van der Waals surface area (Å²) >= 11 is 6.02. The molecule has 0 amide bonds. The molecule has 5 heteroatoms. The quantitative estimate of drug-likeness (QED) is 0.668. The first-order chi connectivity index (χ1) is 9.10. The van der Waals surface area contributed by atoms with Gasteiger partial charge in [-0.25, -0.2) is 4.39 Å². The Morgan fingerprint density at radius 1 is 1.37 bits per heavy atom. The maximum absolute atomic E-state index is 13.0. The predicted octanol–water partition coefficient (Wildman–Crippen LogP) is 2.93. The van der Waals surface area contributed by atoms with Crippen molar-refractivity contribution in [1.82, 2.24) is 10.4 Å². The summed E-state index contributed by atoms with van der Waals surface area (Å²) in [5.41, 5.74) is 5.49. The van der Waals surface area contributed by atoms with Gasteiger partial charge in [-0.1, -0.05) is 17.7 Å². The average molecular weight is 280 g/mol. The highest BCUT2D eigenvalue weighted by molar-refractivity contribution is 6.31. The molecule has 0 aliphatic carbocycles. The van der Waals surface area contributed by atoms with Gasteiger partial charge in [0.15, 0.2) is 0 Å². The summed E-state index contributed by atoms with van der Waals surface area (Å²) in [4.78, 5) is 4.29. The van der Waals surface area contributed by atoms with Gasteiger partial charge in [0.05, 0.1) is 11.7 Å². The van der Waals surface area contributed by atoms with Crippen molar-refractivity contribution in [1.29, 1.82) is 0 Å². The van der Waals surface area contributed by atoms with Crippen LogP contribution in [0.25, 0.3) is 0 Å². The number of rotatable bonds is 4. The van der Waals surface area contributed by atoms with Crippen LogP contribution >= 0.6 is 11.6 Å². The highest BCUT2D eigenvalue weighted by Crippen LogP contribution is 2.23. The van der Waals surface area contributed by atoms with E-state index in [1.165, 1.54) is 12.1 Å². The van der Waals surface area contributed by atoms with Gasteiger partial charge in [-0.15, -0.1) is 0 Å². The molecule has 0 aliphatic rings. The highest BCUT2D eigenvalue weighted by atomic mass is 35.5. The maximum Gasteiger partial charge on any atom is 0.124 e. The SMILES string of the molecule is Cc1ccnc(C(Cc2ccc(F)cc2Cl)NN)c1. The zero-order valence-electron chi connectivity index (χ0n) is 10.5. The molecular weight excluding hydrogens is 265 g/mol. The number of aromatic nitrogens is 1. The zero-order valence-corrected chi connectivity index (χ0v) is 11.3. The summed E-state index contributed by atoms with van der Waals surface area (Å²) in [5, 5.41) is 0.396. The van der Waals surface area contributed by atoms with Crippen LogP contribution in [0.2, 0.25) is 5.02 Å². The van der Waals surface area contributed by atoms with E-state index in [9.17, 15) is 4.39 Å². The molecular formula is C14H15ClFN3. The summed E-state index contributed by atoms with van der Waals surface area (Å²) in [7, 11) is 0. The largest absolute Gasteiger partial charge is 0.271 e. The Balaban J connectivity index is 2.24. The summed E-state index contributed by atoms with van der Waals surface area (Å²) in [6.45, 7) is 1.99. The fourth-order valence-corrected chi connectivity index (χ4v) is 2.15. The molecule has 19 heavy (non-hydrogen) atoms. The van der Waals surface area contributed by atoms with E-state index in [2.05, 4.69) is 10.4 Å². The number of hydrazine groups is 1. The number of halogens is 2. The minimum atomic E-state index is -0.348. The molecule has 1 aromatic carbocycles. The fourth-order valence-electron chi connectivity index (χ4n) is 1.91. The third kappa shape index (κ3) is 3.50. The molecule has 0 bridgehead atoms. The topological polar surface area (TPSA) is 50.9 Å². The molecule has 2 rings (SSSR count). The maximum atomic E-state index is 13.0. The lowest BCUT2D eigenvalue weighted by molar-refractivity contribution is 0.537. The number of nitrogens with one attached hydrogen (secondary N) is 1. The van der Waals surface area contributed by atoms with Gasteiger partial charge < -0.3 is 0 Å². The minimum Gasteiger partial charge on any atom is -0.271 e. The van der Waals surface area contributed by atoms with Gasteiger partial charge in [-0.2, -0.15) is 0 Å². The first kappa shape index (κ1) is 13.9. The lowest BCUT2D eigenvalue weighted by Gasteiger charge is -2.16. The van der Waals surface area contributed by atoms with Gasteiger partial charge in [0.2, 0.25) is 0 Å². The van der Waals surface area contributed by atoms with Gasteiger partial charge >= 0.3 is 0 Å².